The molecule has 0 unspecified atom stereocenters. The third-order valence-corrected chi connectivity index (χ3v) is 7.99. The second kappa shape index (κ2) is 10.3. The Hall–Kier alpha value is -2.34. The van der Waals surface area contributed by atoms with Crippen LogP contribution in [0, 0.1) is 20.8 Å². The molecule has 5 nitrogen and oxygen atoms in total. The SMILES string of the molecule is Cc1ccc(S(=O)(=O)N(CC(=O)NC2CCCCCCC2)c2cccc(C)c2C)cc1. The Morgan fingerprint density at radius 2 is 1.55 bits per heavy atom. The average molecular weight is 443 g/mol. The highest BCUT2D eigenvalue weighted by Gasteiger charge is 2.29. The standard InChI is InChI=1S/C25H34N2O3S/c1-19-14-16-23(17-15-19)31(29,30)27(24-13-9-10-20(2)21(24)3)18-25(28)26-22-11-7-5-4-6-8-12-22/h9-10,13-17,22H,4-8,11-12,18H2,1-3H3,(H,26,28). The Balaban J connectivity index is 1.89. The van der Waals surface area contributed by atoms with E-state index in [1.807, 2.05) is 32.9 Å². The number of benzene rings is 2. The number of carbonyl (C=O) groups is 1. The molecule has 168 valence electrons. The van der Waals surface area contributed by atoms with E-state index in [2.05, 4.69) is 5.32 Å². The van der Waals surface area contributed by atoms with Crippen molar-refractivity contribution in [1.29, 1.82) is 0 Å². The number of sulfonamides is 1. The van der Waals surface area contributed by atoms with Crippen LogP contribution in [0.4, 0.5) is 5.69 Å². The average Bonchev–Trinajstić information content (AvgIpc) is 2.71. The first kappa shape index (κ1) is 23.3. The Bertz CT molecular complexity index is 992. The zero-order chi connectivity index (χ0) is 22.4. The van der Waals surface area contributed by atoms with Crippen LogP contribution in [-0.4, -0.2) is 26.9 Å². The summed E-state index contributed by atoms with van der Waals surface area (Å²) in [5.41, 5.74) is 3.38. The zero-order valence-corrected chi connectivity index (χ0v) is 19.7. The second-order valence-corrected chi connectivity index (χ2v) is 10.5. The molecule has 0 bridgehead atoms. The topological polar surface area (TPSA) is 66.5 Å². The molecule has 3 rings (SSSR count). The number of anilines is 1. The number of nitrogens with zero attached hydrogens (tertiary/aromatic N) is 1. The Labute approximate surface area is 186 Å². The molecular weight excluding hydrogens is 408 g/mol. The van der Waals surface area contributed by atoms with Crippen LogP contribution >= 0.6 is 0 Å². The molecule has 1 N–H and O–H groups in total. The molecule has 2 aromatic rings. The number of carbonyl (C=O) groups excluding carboxylic acids is 1. The molecule has 0 heterocycles. The van der Waals surface area contributed by atoms with Gasteiger partial charge in [0.05, 0.1) is 10.6 Å². The summed E-state index contributed by atoms with van der Waals surface area (Å²) in [6.45, 7) is 5.54. The van der Waals surface area contributed by atoms with Crippen LogP contribution in [0.5, 0.6) is 0 Å². The van der Waals surface area contributed by atoms with Gasteiger partial charge in [-0.2, -0.15) is 0 Å². The summed E-state index contributed by atoms with van der Waals surface area (Å²) in [6.07, 6.45) is 7.78. The van der Waals surface area contributed by atoms with E-state index in [1.54, 1.807) is 30.3 Å². The summed E-state index contributed by atoms with van der Waals surface area (Å²) in [5.74, 6) is -0.248. The van der Waals surface area contributed by atoms with E-state index in [0.29, 0.717) is 5.69 Å². The lowest BCUT2D eigenvalue weighted by Crippen LogP contribution is -2.44. The summed E-state index contributed by atoms with van der Waals surface area (Å²) in [5, 5.41) is 3.11. The smallest absolute Gasteiger partial charge is 0.264 e. The maximum Gasteiger partial charge on any atom is 0.264 e. The highest BCUT2D eigenvalue weighted by atomic mass is 32.2. The fourth-order valence-corrected chi connectivity index (χ4v) is 5.63. The van der Waals surface area contributed by atoms with Gasteiger partial charge in [0, 0.05) is 6.04 Å². The lowest BCUT2D eigenvalue weighted by molar-refractivity contribution is -0.120. The lowest BCUT2D eigenvalue weighted by Gasteiger charge is -2.28. The molecule has 6 heteroatoms. The predicted molar refractivity (Wildman–Crippen MR) is 126 cm³/mol. The summed E-state index contributed by atoms with van der Waals surface area (Å²) in [6, 6.07) is 12.5. The van der Waals surface area contributed by atoms with Gasteiger partial charge in [0.2, 0.25) is 5.91 Å². The van der Waals surface area contributed by atoms with Crippen molar-refractivity contribution in [2.24, 2.45) is 0 Å². The minimum Gasteiger partial charge on any atom is -0.352 e. The molecule has 0 atom stereocenters. The molecule has 1 aliphatic carbocycles. The molecule has 0 aliphatic heterocycles. The lowest BCUT2D eigenvalue weighted by atomic mass is 9.97. The van der Waals surface area contributed by atoms with Crippen molar-refractivity contribution in [3.63, 3.8) is 0 Å². The van der Waals surface area contributed by atoms with Crippen molar-refractivity contribution in [2.45, 2.75) is 76.7 Å². The van der Waals surface area contributed by atoms with E-state index in [4.69, 9.17) is 0 Å². The van der Waals surface area contributed by atoms with Gasteiger partial charge in [-0.25, -0.2) is 8.42 Å². The molecule has 0 aromatic heterocycles. The quantitative estimate of drug-likeness (QED) is 0.682. The van der Waals surface area contributed by atoms with Gasteiger partial charge in [0.25, 0.3) is 10.0 Å². The molecule has 0 radical (unpaired) electrons. The van der Waals surface area contributed by atoms with Crippen molar-refractivity contribution in [2.75, 3.05) is 10.8 Å². The van der Waals surface area contributed by atoms with E-state index in [9.17, 15) is 13.2 Å². The van der Waals surface area contributed by atoms with Gasteiger partial charge in [-0.05, 0) is 62.9 Å². The first-order valence-electron chi connectivity index (χ1n) is 11.2. The van der Waals surface area contributed by atoms with E-state index in [-0.39, 0.29) is 23.4 Å². The maximum absolute atomic E-state index is 13.6. The third-order valence-electron chi connectivity index (χ3n) is 6.21. The molecule has 1 saturated carbocycles. The molecule has 1 fully saturated rings. The number of nitrogens with one attached hydrogen (secondary N) is 1. The van der Waals surface area contributed by atoms with E-state index in [0.717, 1.165) is 42.4 Å². The van der Waals surface area contributed by atoms with Crippen LogP contribution in [0.15, 0.2) is 47.4 Å². The molecule has 1 aliphatic rings. The molecule has 31 heavy (non-hydrogen) atoms. The molecule has 2 aromatic carbocycles. The van der Waals surface area contributed by atoms with Gasteiger partial charge in [-0.3, -0.25) is 9.10 Å². The van der Waals surface area contributed by atoms with Gasteiger partial charge in [-0.1, -0.05) is 61.9 Å². The van der Waals surface area contributed by atoms with E-state index in [1.165, 1.54) is 23.6 Å². The van der Waals surface area contributed by atoms with Crippen molar-refractivity contribution in [3.05, 3.63) is 59.2 Å². The Morgan fingerprint density at radius 1 is 0.935 bits per heavy atom. The van der Waals surface area contributed by atoms with Crippen molar-refractivity contribution in [3.8, 4) is 0 Å². The van der Waals surface area contributed by atoms with Gasteiger partial charge in [-0.15, -0.1) is 0 Å². The predicted octanol–water partition coefficient (Wildman–Crippen LogP) is 5.04. The monoisotopic (exact) mass is 442 g/mol. The highest BCUT2D eigenvalue weighted by Crippen LogP contribution is 2.28. The summed E-state index contributed by atoms with van der Waals surface area (Å²) >= 11 is 0. The van der Waals surface area contributed by atoms with Gasteiger partial charge in [0.15, 0.2) is 0 Å². The van der Waals surface area contributed by atoms with Crippen LogP contribution in [0.2, 0.25) is 0 Å². The number of hydrogen-bond acceptors (Lipinski definition) is 3. The largest absolute Gasteiger partial charge is 0.352 e. The van der Waals surface area contributed by atoms with Crippen LogP contribution in [0.3, 0.4) is 0 Å². The van der Waals surface area contributed by atoms with E-state index >= 15 is 0 Å². The third kappa shape index (κ3) is 5.88. The maximum atomic E-state index is 13.6. The van der Waals surface area contributed by atoms with Crippen LogP contribution in [0.1, 0.15) is 61.6 Å². The highest BCUT2D eigenvalue weighted by molar-refractivity contribution is 7.92. The fraction of sp³-hybridized carbons (Fsp3) is 0.480. The van der Waals surface area contributed by atoms with Crippen molar-refractivity contribution in [1.82, 2.24) is 5.32 Å². The van der Waals surface area contributed by atoms with Crippen LogP contribution in [0.25, 0.3) is 0 Å². The molecular formula is C25H34N2O3S. The van der Waals surface area contributed by atoms with E-state index < -0.39 is 10.0 Å². The molecule has 1 amide bonds. The van der Waals surface area contributed by atoms with Gasteiger partial charge in [0.1, 0.15) is 6.54 Å². The normalized spacial score (nSPS) is 15.7. The van der Waals surface area contributed by atoms with Crippen molar-refractivity contribution >= 4 is 21.6 Å². The molecule has 0 saturated heterocycles. The number of rotatable bonds is 6. The van der Waals surface area contributed by atoms with Gasteiger partial charge < -0.3 is 5.32 Å². The first-order valence-corrected chi connectivity index (χ1v) is 12.7. The second-order valence-electron chi connectivity index (χ2n) is 8.65. The first-order chi connectivity index (χ1) is 14.8. The van der Waals surface area contributed by atoms with Crippen LogP contribution < -0.4 is 9.62 Å². The summed E-state index contributed by atoms with van der Waals surface area (Å²) in [7, 11) is -3.89. The summed E-state index contributed by atoms with van der Waals surface area (Å²) < 4.78 is 28.4. The summed E-state index contributed by atoms with van der Waals surface area (Å²) in [4.78, 5) is 13.2. The minimum atomic E-state index is -3.89. The minimum absolute atomic E-state index is 0.121. The molecule has 0 spiro atoms. The number of aryl methyl sites for hydroxylation is 2. The van der Waals surface area contributed by atoms with Crippen molar-refractivity contribution < 1.29 is 13.2 Å². The fourth-order valence-electron chi connectivity index (χ4n) is 4.15. The van der Waals surface area contributed by atoms with Crippen LogP contribution in [-0.2, 0) is 14.8 Å². The Kier molecular flexibility index (Phi) is 7.76. The number of amides is 1. The Morgan fingerprint density at radius 3 is 2.19 bits per heavy atom. The van der Waals surface area contributed by atoms with Gasteiger partial charge >= 0.3 is 0 Å². The zero-order valence-electron chi connectivity index (χ0n) is 18.9. The number of hydrogen-bond donors (Lipinski definition) is 1.